The lowest BCUT2D eigenvalue weighted by Crippen LogP contribution is -2.53. The van der Waals surface area contributed by atoms with E-state index in [-0.39, 0.29) is 36.8 Å². The fraction of sp³-hybridized carbons (Fsp3) is 0.588. The number of carbonyl (C=O) groups is 2. The number of alkyl halides is 2. The third kappa shape index (κ3) is 12.8. The van der Waals surface area contributed by atoms with Crippen LogP contribution in [0.2, 0.25) is 0 Å². The lowest BCUT2D eigenvalue weighted by molar-refractivity contribution is 0.00860. The topological polar surface area (TPSA) is 83.1 Å². The second-order valence-electron chi connectivity index (χ2n) is 13.7. The summed E-state index contributed by atoms with van der Waals surface area (Å²) in [6.07, 6.45) is -2.23. The molecule has 2 aliphatic heterocycles. The summed E-state index contributed by atoms with van der Waals surface area (Å²) >= 11 is 0. The minimum atomic E-state index is -1.16. The van der Waals surface area contributed by atoms with Gasteiger partial charge in [-0.05, 0) is 89.8 Å². The van der Waals surface area contributed by atoms with Crippen LogP contribution in [0.5, 0.6) is 0 Å². The van der Waals surface area contributed by atoms with Crippen LogP contribution in [0, 0.1) is 11.6 Å². The molecule has 8 nitrogen and oxygen atoms in total. The fourth-order valence-electron chi connectivity index (χ4n) is 4.96. The summed E-state index contributed by atoms with van der Waals surface area (Å²) in [5.41, 5.74) is 0.627. The SMILES string of the molecule is CC(C)(C)OC(=O)N1CC[C@@H](NCc2ccc(F)cc2)[C@@H](F)C1.CC(C)(C)OC(=O)N1CC[C@H](NCc2ccc(F)cc2)[C@H](F)C1. The quantitative estimate of drug-likeness (QED) is 0.346. The summed E-state index contributed by atoms with van der Waals surface area (Å²) in [6, 6.07) is 11.6. The number of benzene rings is 2. The molecule has 2 aromatic rings. The van der Waals surface area contributed by atoms with Gasteiger partial charge in [-0.15, -0.1) is 0 Å². The lowest BCUT2D eigenvalue weighted by atomic mass is 10.0. The number of ether oxygens (including phenoxy) is 2. The van der Waals surface area contributed by atoms with Crippen molar-refractivity contribution < 1.29 is 36.6 Å². The van der Waals surface area contributed by atoms with Crippen LogP contribution in [0.4, 0.5) is 27.2 Å². The predicted molar refractivity (Wildman–Crippen MR) is 169 cm³/mol. The number of nitrogens with zero attached hydrogens (tertiary/aromatic N) is 2. The number of nitrogens with one attached hydrogen (secondary N) is 2. The van der Waals surface area contributed by atoms with E-state index >= 15 is 0 Å². The first-order valence-electron chi connectivity index (χ1n) is 15.7. The van der Waals surface area contributed by atoms with Gasteiger partial charge in [-0.25, -0.2) is 27.2 Å². The first-order valence-corrected chi connectivity index (χ1v) is 15.7. The summed E-state index contributed by atoms with van der Waals surface area (Å²) in [6.45, 7) is 12.6. The molecule has 2 N–H and O–H groups in total. The first kappa shape index (κ1) is 37.1. The Morgan fingerprint density at radius 3 is 1.28 bits per heavy atom. The van der Waals surface area contributed by atoms with Crippen LogP contribution in [0.1, 0.15) is 65.5 Å². The molecule has 0 aliphatic carbocycles. The molecule has 2 aliphatic rings. The molecule has 4 atom stereocenters. The average molecular weight is 653 g/mol. The van der Waals surface area contributed by atoms with E-state index in [1.165, 1.54) is 34.1 Å². The van der Waals surface area contributed by atoms with Gasteiger partial charge in [0.15, 0.2) is 0 Å². The summed E-state index contributed by atoms with van der Waals surface area (Å²) in [4.78, 5) is 26.7. The molecule has 0 bridgehead atoms. The van der Waals surface area contributed by atoms with Crippen LogP contribution in [0.25, 0.3) is 0 Å². The Morgan fingerprint density at radius 1 is 0.674 bits per heavy atom. The van der Waals surface area contributed by atoms with Crippen molar-refractivity contribution in [3.8, 4) is 0 Å². The van der Waals surface area contributed by atoms with E-state index in [1.807, 2.05) is 0 Å². The maximum absolute atomic E-state index is 14.3. The van der Waals surface area contributed by atoms with Gasteiger partial charge in [0.25, 0.3) is 0 Å². The molecule has 2 aromatic carbocycles. The van der Waals surface area contributed by atoms with Gasteiger partial charge in [-0.3, -0.25) is 0 Å². The summed E-state index contributed by atoms with van der Waals surface area (Å²) in [5.74, 6) is -0.578. The van der Waals surface area contributed by atoms with E-state index < -0.39 is 35.7 Å². The third-order valence-corrected chi connectivity index (χ3v) is 7.35. The molecule has 0 radical (unpaired) electrons. The summed E-state index contributed by atoms with van der Waals surface area (Å²) < 4.78 is 64.8. The Hall–Kier alpha value is -3.38. The highest BCUT2D eigenvalue weighted by Crippen LogP contribution is 2.20. The van der Waals surface area contributed by atoms with Gasteiger partial charge in [-0.1, -0.05) is 24.3 Å². The number of likely N-dealkylation sites (tertiary alicyclic amines) is 2. The van der Waals surface area contributed by atoms with Crippen molar-refractivity contribution >= 4 is 12.2 Å². The molecule has 12 heteroatoms. The maximum Gasteiger partial charge on any atom is 0.410 e. The number of hydrogen-bond donors (Lipinski definition) is 2. The van der Waals surface area contributed by atoms with E-state index in [0.717, 1.165) is 11.1 Å². The van der Waals surface area contributed by atoms with Gasteiger partial charge in [0.2, 0.25) is 0 Å². The average Bonchev–Trinajstić information content (AvgIpc) is 2.96. The summed E-state index contributed by atoms with van der Waals surface area (Å²) in [7, 11) is 0. The summed E-state index contributed by atoms with van der Waals surface area (Å²) in [5, 5.41) is 6.28. The van der Waals surface area contributed by atoms with Gasteiger partial charge in [-0.2, -0.15) is 0 Å². The molecular weight excluding hydrogens is 604 g/mol. The zero-order chi connectivity index (χ0) is 34.1. The molecule has 0 saturated carbocycles. The molecule has 46 heavy (non-hydrogen) atoms. The van der Waals surface area contributed by atoms with Gasteiger partial charge in [0.05, 0.1) is 13.1 Å². The van der Waals surface area contributed by atoms with Crippen molar-refractivity contribution in [2.24, 2.45) is 0 Å². The van der Waals surface area contributed by atoms with Crippen LogP contribution < -0.4 is 10.6 Å². The van der Waals surface area contributed by atoms with Crippen molar-refractivity contribution in [2.45, 2.75) is 103 Å². The highest BCUT2D eigenvalue weighted by atomic mass is 19.1. The third-order valence-electron chi connectivity index (χ3n) is 7.35. The largest absolute Gasteiger partial charge is 0.444 e. The predicted octanol–water partition coefficient (Wildman–Crippen LogP) is 6.53. The number of amides is 2. The number of halogens is 4. The molecule has 256 valence electrons. The molecular formula is C34H48F4N4O4. The molecule has 2 fully saturated rings. The number of rotatable bonds is 6. The van der Waals surface area contributed by atoms with Crippen molar-refractivity contribution in [2.75, 3.05) is 26.2 Å². The van der Waals surface area contributed by atoms with Crippen molar-refractivity contribution in [3.63, 3.8) is 0 Å². The van der Waals surface area contributed by atoms with Gasteiger partial charge in [0.1, 0.15) is 35.2 Å². The van der Waals surface area contributed by atoms with Crippen LogP contribution in [0.15, 0.2) is 48.5 Å². The van der Waals surface area contributed by atoms with E-state index in [2.05, 4.69) is 10.6 Å². The minimum Gasteiger partial charge on any atom is -0.444 e. The minimum absolute atomic E-state index is 0.0238. The molecule has 2 saturated heterocycles. The van der Waals surface area contributed by atoms with Crippen molar-refractivity contribution in [1.82, 2.24) is 20.4 Å². The second kappa shape index (κ2) is 16.4. The monoisotopic (exact) mass is 652 g/mol. The molecule has 2 heterocycles. The lowest BCUT2D eigenvalue weighted by Gasteiger charge is -2.36. The molecule has 4 rings (SSSR count). The van der Waals surface area contributed by atoms with E-state index in [1.54, 1.807) is 65.8 Å². The van der Waals surface area contributed by atoms with Gasteiger partial charge < -0.3 is 29.9 Å². The molecule has 0 unspecified atom stereocenters. The van der Waals surface area contributed by atoms with Crippen LogP contribution in [0.3, 0.4) is 0 Å². The molecule has 0 aromatic heterocycles. The van der Waals surface area contributed by atoms with Crippen molar-refractivity contribution in [3.05, 3.63) is 71.3 Å². The van der Waals surface area contributed by atoms with Gasteiger partial charge in [0, 0.05) is 38.3 Å². The van der Waals surface area contributed by atoms with Crippen LogP contribution >= 0.6 is 0 Å². The zero-order valence-electron chi connectivity index (χ0n) is 27.6. The standard InChI is InChI=1S/2C17H24F2N2O2/c2*1-17(2,3)23-16(22)21-9-8-15(14(19)11-21)20-10-12-4-6-13(18)7-5-12/h2*4-7,14-15,20H,8-11H2,1-3H3/t2*14-,15+/m10/s1. The highest BCUT2D eigenvalue weighted by molar-refractivity contribution is 5.68. The highest BCUT2D eigenvalue weighted by Gasteiger charge is 2.34. The van der Waals surface area contributed by atoms with E-state index in [0.29, 0.717) is 39.0 Å². The zero-order valence-corrected chi connectivity index (χ0v) is 27.6. The number of piperidine rings is 2. The Balaban J connectivity index is 0.000000250. The molecule has 2 amide bonds. The van der Waals surface area contributed by atoms with Crippen molar-refractivity contribution in [1.29, 1.82) is 0 Å². The Labute approximate surface area is 269 Å². The Bertz CT molecular complexity index is 1150. The maximum atomic E-state index is 14.3. The van der Waals surface area contributed by atoms with Gasteiger partial charge >= 0.3 is 12.2 Å². The fourth-order valence-corrected chi connectivity index (χ4v) is 4.96. The Morgan fingerprint density at radius 2 is 1.00 bits per heavy atom. The normalized spacial score (nSPS) is 22.0. The number of carbonyl (C=O) groups excluding carboxylic acids is 2. The van der Waals surface area contributed by atoms with E-state index in [9.17, 15) is 27.2 Å². The van der Waals surface area contributed by atoms with E-state index in [4.69, 9.17) is 9.47 Å². The first-order chi connectivity index (χ1) is 21.5. The Kier molecular flexibility index (Phi) is 13.3. The van der Waals surface area contributed by atoms with Crippen LogP contribution in [-0.4, -0.2) is 83.8 Å². The second-order valence-corrected chi connectivity index (χ2v) is 13.7. The smallest absolute Gasteiger partial charge is 0.410 e. The molecule has 0 spiro atoms. The van der Waals surface area contributed by atoms with Crippen LogP contribution in [-0.2, 0) is 22.6 Å². The number of hydrogen-bond acceptors (Lipinski definition) is 6.